The number of nitrogens with one attached hydrogen (secondary N) is 1. The third-order valence-corrected chi connectivity index (χ3v) is 4.87. The van der Waals surface area contributed by atoms with Crippen LogP contribution in [0.4, 0.5) is 0 Å². The first-order chi connectivity index (χ1) is 12.7. The number of amides is 1. The highest BCUT2D eigenvalue weighted by Gasteiger charge is 2.07. The molecule has 5 nitrogen and oxygen atoms in total. The van der Waals surface area contributed by atoms with Gasteiger partial charge in [-0.05, 0) is 36.2 Å². The molecule has 0 bridgehead atoms. The molecule has 26 heavy (non-hydrogen) atoms. The Balaban J connectivity index is 1.42. The van der Waals surface area contributed by atoms with Gasteiger partial charge >= 0.3 is 0 Å². The van der Waals surface area contributed by atoms with E-state index in [2.05, 4.69) is 15.3 Å². The van der Waals surface area contributed by atoms with Gasteiger partial charge in [-0.1, -0.05) is 12.1 Å². The molecule has 0 saturated heterocycles. The van der Waals surface area contributed by atoms with E-state index >= 15 is 0 Å². The summed E-state index contributed by atoms with van der Waals surface area (Å²) in [4.78, 5) is 20.6. The van der Waals surface area contributed by atoms with Crippen molar-refractivity contribution >= 4 is 17.2 Å². The molecular formula is C20H21N3O2S. The number of nitrogens with zero attached hydrogens (tertiary/aromatic N) is 2. The number of hydrogen-bond acceptors (Lipinski definition) is 5. The maximum Gasteiger partial charge on any atom is 0.220 e. The van der Waals surface area contributed by atoms with E-state index in [9.17, 15) is 4.79 Å². The Labute approximate surface area is 157 Å². The van der Waals surface area contributed by atoms with Gasteiger partial charge in [-0.3, -0.25) is 9.78 Å². The molecule has 3 rings (SSSR count). The number of rotatable bonds is 8. The highest BCUT2D eigenvalue weighted by Crippen LogP contribution is 2.21. The predicted molar refractivity (Wildman–Crippen MR) is 103 cm³/mol. The lowest BCUT2D eigenvalue weighted by molar-refractivity contribution is -0.121. The molecule has 0 aliphatic carbocycles. The highest BCUT2D eigenvalue weighted by molar-refractivity contribution is 7.09. The number of carbonyl (C=O) groups is 1. The van der Waals surface area contributed by atoms with E-state index in [4.69, 9.17) is 4.74 Å². The van der Waals surface area contributed by atoms with Gasteiger partial charge < -0.3 is 10.1 Å². The third-order valence-electron chi connectivity index (χ3n) is 3.96. The summed E-state index contributed by atoms with van der Waals surface area (Å²) in [6.45, 7) is 0.617. The zero-order valence-electron chi connectivity index (χ0n) is 14.6. The van der Waals surface area contributed by atoms with Crippen LogP contribution in [0.15, 0.2) is 54.2 Å². The van der Waals surface area contributed by atoms with Crippen molar-refractivity contribution in [1.82, 2.24) is 15.3 Å². The number of aryl methyl sites for hydroxylation is 1. The molecular weight excluding hydrogens is 346 g/mol. The molecule has 0 atom stereocenters. The molecule has 0 aliphatic heterocycles. The van der Waals surface area contributed by atoms with Gasteiger partial charge in [-0.15, -0.1) is 11.3 Å². The largest absolute Gasteiger partial charge is 0.497 e. The Morgan fingerprint density at radius 1 is 1.19 bits per heavy atom. The summed E-state index contributed by atoms with van der Waals surface area (Å²) >= 11 is 1.59. The van der Waals surface area contributed by atoms with Gasteiger partial charge in [-0.2, -0.15) is 0 Å². The van der Waals surface area contributed by atoms with Crippen LogP contribution in [0.5, 0.6) is 5.75 Å². The van der Waals surface area contributed by atoms with E-state index in [1.54, 1.807) is 30.8 Å². The fourth-order valence-corrected chi connectivity index (χ4v) is 3.37. The molecule has 0 saturated carbocycles. The first-order valence-corrected chi connectivity index (χ1v) is 9.37. The third kappa shape index (κ3) is 5.13. The second kappa shape index (κ2) is 9.10. The molecule has 1 aromatic carbocycles. The Morgan fingerprint density at radius 2 is 2.04 bits per heavy atom. The summed E-state index contributed by atoms with van der Waals surface area (Å²) in [5, 5.41) is 5.96. The minimum Gasteiger partial charge on any atom is -0.497 e. The number of ether oxygens (including phenoxy) is 1. The Hall–Kier alpha value is -2.73. The summed E-state index contributed by atoms with van der Waals surface area (Å²) in [7, 11) is 1.65. The number of thiazole rings is 1. The van der Waals surface area contributed by atoms with Crippen LogP contribution in [0, 0.1) is 0 Å². The van der Waals surface area contributed by atoms with Gasteiger partial charge in [0.1, 0.15) is 5.75 Å². The summed E-state index contributed by atoms with van der Waals surface area (Å²) < 4.78 is 5.21. The summed E-state index contributed by atoms with van der Waals surface area (Å²) in [6, 6.07) is 11.8. The molecule has 134 valence electrons. The van der Waals surface area contributed by atoms with Crippen molar-refractivity contribution in [3.63, 3.8) is 0 Å². The minimum atomic E-state index is 0.0496. The van der Waals surface area contributed by atoms with E-state index < -0.39 is 0 Å². The normalized spacial score (nSPS) is 10.5. The number of hydrogen-bond donors (Lipinski definition) is 1. The quantitative estimate of drug-likeness (QED) is 0.662. The van der Waals surface area contributed by atoms with Crippen LogP contribution in [0.3, 0.4) is 0 Å². The zero-order valence-corrected chi connectivity index (χ0v) is 15.5. The van der Waals surface area contributed by atoms with Crippen molar-refractivity contribution in [1.29, 1.82) is 0 Å². The molecule has 0 fully saturated rings. The maximum atomic E-state index is 12.0. The molecule has 0 radical (unpaired) electrons. The first-order valence-electron chi connectivity index (χ1n) is 8.49. The van der Waals surface area contributed by atoms with E-state index in [-0.39, 0.29) is 5.91 Å². The topological polar surface area (TPSA) is 64.1 Å². The van der Waals surface area contributed by atoms with Gasteiger partial charge in [0.2, 0.25) is 5.91 Å². The fourth-order valence-electron chi connectivity index (χ4n) is 2.56. The van der Waals surface area contributed by atoms with Crippen LogP contribution in [0.25, 0.3) is 11.3 Å². The molecule has 1 amide bonds. The van der Waals surface area contributed by atoms with Crippen LogP contribution in [-0.4, -0.2) is 29.5 Å². The lowest BCUT2D eigenvalue weighted by Crippen LogP contribution is -2.25. The molecule has 3 aromatic rings. The maximum absolute atomic E-state index is 12.0. The Morgan fingerprint density at radius 3 is 2.85 bits per heavy atom. The zero-order chi connectivity index (χ0) is 18.2. The van der Waals surface area contributed by atoms with Crippen LogP contribution < -0.4 is 10.1 Å². The minimum absolute atomic E-state index is 0.0496. The van der Waals surface area contributed by atoms with Crippen LogP contribution >= 0.6 is 11.3 Å². The van der Waals surface area contributed by atoms with Crippen molar-refractivity contribution in [3.05, 3.63) is 64.7 Å². The fraction of sp³-hybridized carbons (Fsp3) is 0.250. The van der Waals surface area contributed by atoms with Crippen molar-refractivity contribution in [2.24, 2.45) is 0 Å². The molecule has 2 heterocycles. The molecule has 2 aromatic heterocycles. The monoisotopic (exact) mass is 367 g/mol. The SMILES string of the molecule is COc1cccc(CCNC(=O)CCc2nc(-c3ccncc3)cs2)c1. The lowest BCUT2D eigenvalue weighted by Gasteiger charge is -2.06. The van der Waals surface area contributed by atoms with Gasteiger partial charge in [0.25, 0.3) is 0 Å². The Kier molecular flexibility index (Phi) is 6.33. The molecule has 1 N–H and O–H groups in total. The van der Waals surface area contributed by atoms with Crippen molar-refractivity contribution < 1.29 is 9.53 Å². The summed E-state index contributed by atoms with van der Waals surface area (Å²) in [5.41, 5.74) is 3.13. The van der Waals surface area contributed by atoms with Gasteiger partial charge in [0, 0.05) is 42.7 Å². The average molecular weight is 367 g/mol. The smallest absolute Gasteiger partial charge is 0.220 e. The van der Waals surface area contributed by atoms with E-state index in [1.165, 1.54) is 0 Å². The standard InChI is InChI=1S/C20H21N3O2S/c1-25-17-4-2-3-15(13-17)7-12-22-19(24)5-6-20-23-18(14-26-20)16-8-10-21-11-9-16/h2-4,8-11,13-14H,5-7,12H2,1H3,(H,22,24). The first kappa shape index (κ1) is 18.1. The van der Waals surface area contributed by atoms with Crippen molar-refractivity contribution in [2.75, 3.05) is 13.7 Å². The van der Waals surface area contributed by atoms with Crippen LogP contribution in [-0.2, 0) is 17.6 Å². The van der Waals surface area contributed by atoms with Crippen LogP contribution in [0.2, 0.25) is 0 Å². The molecule has 0 aliphatic rings. The second-order valence-electron chi connectivity index (χ2n) is 5.81. The molecule has 6 heteroatoms. The number of methoxy groups -OCH3 is 1. The number of pyridine rings is 1. The van der Waals surface area contributed by atoms with Gasteiger partial charge in [0.15, 0.2) is 0 Å². The van der Waals surface area contributed by atoms with Crippen molar-refractivity contribution in [2.45, 2.75) is 19.3 Å². The Bertz CT molecular complexity index is 849. The van der Waals surface area contributed by atoms with E-state index in [0.29, 0.717) is 19.4 Å². The average Bonchev–Trinajstić information content (AvgIpc) is 3.16. The van der Waals surface area contributed by atoms with Gasteiger partial charge in [-0.25, -0.2) is 4.98 Å². The lowest BCUT2D eigenvalue weighted by atomic mass is 10.1. The van der Waals surface area contributed by atoms with E-state index in [0.717, 1.165) is 34.0 Å². The van der Waals surface area contributed by atoms with E-state index in [1.807, 2.05) is 41.8 Å². The summed E-state index contributed by atoms with van der Waals surface area (Å²) in [6.07, 6.45) is 5.39. The number of aromatic nitrogens is 2. The number of benzene rings is 1. The van der Waals surface area contributed by atoms with Gasteiger partial charge in [0.05, 0.1) is 17.8 Å². The molecule has 0 unspecified atom stereocenters. The number of carbonyl (C=O) groups excluding carboxylic acids is 1. The molecule has 0 spiro atoms. The van der Waals surface area contributed by atoms with Crippen LogP contribution in [0.1, 0.15) is 17.0 Å². The predicted octanol–water partition coefficient (Wildman–Crippen LogP) is 3.51. The second-order valence-corrected chi connectivity index (χ2v) is 6.76. The van der Waals surface area contributed by atoms with Crippen molar-refractivity contribution in [3.8, 4) is 17.0 Å². The summed E-state index contributed by atoms with van der Waals surface area (Å²) in [5.74, 6) is 0.885. The highest BCUT2D eigenvalue weighted by atomic mass is 32.1.